The zero-order valence-electron chi connectivity index (χ0n) is 21.8. The van der Waals surface area contributed by atoms with Crippen molar-refractivity contribution >= 4 is 5.91 Å². The summed E-state index contributed by atoms with van der Waals surface area (Å²) in [6.07, 6.45) is 12.5. The minimum absolute atomic E-state index is 0.0318. The van der Waals surface area contributed by atoms with Gasteiger partial charge in [-0.15, -0.1) is 0 Å². The summed E-state index contributed by atoms with van der Waals surface area (Å²) in [5, 5.41) is 2.45. The maximum absolute atomic E-state index is 14.6. The number of likely N-dealkylation sites (tertiary alicyclic amines) is 1. The maximum Gasteiger partial charge on any atom is 0.232 e. The lowest BCUT2D eigenvalue weighted by Crippen LogP contribution is -2.82. The van der Waals surface area contributed by atoms with Gasteiger partial charge in [-0.3, -0.25) is 4.79 Å². The van der Waals surface area contributed by atoms with E-state index in [0.717, 1.165) is 38.9 Å². The van der Waals surface area contributed by atoms with Crippen LogP contribution >= 0.6 is 0 Å². The zero-order valence-corrected chi connectivity index (χ0v) is 21.8. The lowest BCUT2D eigenvalue weighted by atomic mass is 9.65. The van der Waals surface area contributed by atoms with Gasteiger partial charge in [0.2, 0.25) is 5.91 Å². The number of aryl methyl sites for hydroxylation is 1. The highest BCUT2D eigenvalue weighted by atomic mass is 16.2. The molecule has 35 heavy (non-hydrogen) atoms. The van der Waals surface area contributed by atoms with Crippen LogP contribution in [0, 0.1) is 18.8 Å². The van der Waals surface area contributed by atoms with Crippen LogP contribution in [0.2, 0.25) is 0 Å². The first kappa shape index (κ1) is 23.3. The van der Waals surface area contributed by atoms with Crippen LogP contribution in [0.5, 0.6) is 0 Å². The molecule has 0 bridgehead atoms. The summed E-state index contributed by atoms with van der Waals surface area (Å²) in [6, 6.07) is 13.9. The van der Waals surface area contributed by atoms with Gasteiger partial charge in [0.15, 0.2) is 0 Å². The molecule has 3 fully saturated rings. The average Bonchev–Trinajstić information content (AvgIpc) is 3.46. The number of nitrogens with two attached hydrogens (primary N) is 1. The van der Waals surface area contributed by atoms with Gasteiger partial charge >= 0.3 is 0 Å². The first-order valence-corrected chi connectivity index (χ1v) is 14.4. The number of hydrogen-bond donors (Lipinski definition) is 1. The number of nitrogens with zero attached hydrogens (tertiary/aromatic N) is 2. The van der Waals surface area contributed by atoms with Crippen LogP contribution in [0.25, 0.3) is 0 Å². The normalized spacial score (nSPS) is 31.6. The van der Waals surface area contributed by atoms with Gasteiger partial charge in [0.25, 0.3) is 0 Å². The van der Waals surface area contributed by atoms with E-state index in [1.165, 1.54) is 67.5 Å². The van der Waals surface area contributed by atoms with E-state index < -0.39 is 0 Å². The van der Waals surface area contributed by atoms with Crippen molar-refractivity contribution in [1.29, 1.82) is 0 Å². The Kier molecular flexibility index (Phi) is 6.28. The van der Waals surface area contributed by atoms with Gasteiger partial charge in [-0.05, 0) is 80.9 Å². The fourth-order valence-electron chi connectivity index (χ4n) is 8.47. The van der Waals surface area contributed by atoms with E-state index in [-0.39, 0.29) is 11.3 Å². The summed E-state index contributed by atoms with van der Waals surface area (Å²) in [7, 11) is 2.22. The van der Waals surface area contributed by atoms with Crippen LogP contribution < -0.4 is 5.32 Å². The second-order valence-corrected chi connectivity index (χ2v) is 12.1. The van der Waals surface area contributed by atoms with Crippen molar-refractivity contribution in [3.8, 4) is 0 Å². The average molecular weight is 475 g/mol. The van der Waals surface area contributed by atoms with Crippen LogP contribution in [0.4, 0.5) is 0 Å². The molecule has 0 radical (unpaired) electrons. The number of carbonyl (C=O) groups excluding carboxylic acids is 1. The van der Waals surface area contributed by atoms with Gasteiger partial charge in [0.05, 0.1) is 18.5 Å². The molecule has 4 nitrogen and oxygen atoms in total. The van der Waals surface area contributed by atoms with Crippen LogP contribution in [0.15, 0.2) is 36.4 Å². The number of benzene rings is 1. The van der Waals surface area contributed by atoms with E-state index in [9.17, 15) is 4.79 Å². The molecule has 3 heterocycles. The van der Waals surface area contributed by atoms with Crippen LogP contribution in [0.3, 0.4) is 0 Å². The van der Waals surface area contributed by atoms with Crippen molar-refractivity contribution in [2.24, 2.45) is 18.9 Å². The number of fused-ring (bicyclic) bond motifs is 2. The van der Waals surface area contributed by atoms with Crippen LogP contribution in [0.1, 0.15) is 86.2 Å². The lowest BCUT2D eigenvalue weighted by molar-refractivity contribution is -0.640. The molecule has 1 amide bonds. The van der Waals surface area contributed by atoms with Crippen molar-refractivity contribution in [2.45, 2.75) is 88.5 Å². The van der Waals surface area contributed by atoms with Gasteiger partial charge in [0.1, 0.15) is 5.92 Å². The molecular weight excluding hydrogens is 430 g/mol. The standard InChI is InChI=1S/C31H43N3O/c1-22-18-26-28(33(22)2)14-9-16-31(26)21-32-20-27(31)30(35)34-17-15-25(23-10-5-3-6-11-23)19-29(34)24-12-7-4-8-13-24/h3,5-6,10-11,18,24-25,27,29,32H,4,7-9,12-17,19-21H2,1-2H3/p+1/t25-,27?,29+,31+/m1/s1. The summed E-state index contributed by atoms with van der Waals surface area (Å²) in [6.45, 7) is 5.21. The Morgan fingerprint density at radius 3 is 2.66 bits per heavy atom. The molecular formula is C31H44N3O+. The van der Waals surface area contributed by atoms with E-state index in [0.29, 0.717) is 23.8 Å². The molecule has 4 aliphatic rings. The summed E-state index contributed by atoms with van der Waals surface area (Å²) in [5.74, 6) is 1.88. The fraction of sp³-hybridized carbons (Fsp3) is 0.645. The Labute approximate surface area is 211 Å². The summed E-state index contributed by atoms with van der Waals surface area (Å²) in [5.41, 5.74) is 5.85. The van der Waals surface area contributed by atoms with Crippen molar-refractivity contribution in [3.05, 3.63) is 58.9 Å². The third kappa shape index (κ3) is 3.97. The molecule has 2 N–H and O–H groups in total. The minimum atomic E-state index is 0.0318. The smallest absolute Gasteiger partial charge is 0.232 e. The van der Waals surface area contributed by atoms with E-state index in [2.05, 4.69) is 65.2 Å². The number of quaternary nitrogens is 1. The first-order valence-electron chi connectivity index (χ1n) is 14.4. The van der Waals surface area contributed by atoms with Crippen molar-refractivity contribution in [2.75, 3.05) is 19.6 Å². The van der Waals surface area contributed by atoms with Gasteiger partial charge in [-0.2, -0.15) is 0 Å². The maximum atomic E-state index is 14.6. The van der Waals surface area contributed by atoms with E-state index >= 15 is 0 Å². The van der Waals surface area contributed by atoms with Gasteiger partial charge in [-0.1, -0.05) is 49.6 Å². The van der Waals surface area contributed by atoms with E-state index in [1.807, 2.05) is 0 Å². The molecule has 4 atom stereocenters. The molecule has 1 aromatic heterocycles. The Hall–Kier alpha value is -2.07. The Bertz CT molecular complexity index is 1050. The van der Waals surface area contributed by atoms with Gasteiger partial charge in [0, 0.05) is 31.0 Å². The quantitative estimate of drug-likeness (QED) is 0.701. The van der Waals surface area contributed by atoms with Crippen LogP contribution in [-0.2, 0) is 23.7 Å². The highest BCUT2D eigenvalue weighted by Crippen LogP contribution is 2.47. The molecule has 2 aromatic rings. The molecule has 2 aliphatic carbocycles. The minimum Gasteiger partial charge on any atom is -0.352 e. The Morgan fingerprint density at radius 2 is 1.86 bits per heavy atom. The highest BCUT2D eigenvalue weighted by molar-refractivity contribution is 5.82. The summed E-state index contributed by atoms with van der Waals surface area (Å²) in [4.78, 5) is 17.0. The number of carbonyl (C=O) groups is 1. The predicted molar refractivity (Wildman–Crippen MR) is 140 cm³/mol. The third-order valence-corrected chi connectivity index (χ3v) is 10.4. The summed E-state index contributed by atoms with van der Waals surface area (Å²) >= 11 is 0. The lowest BCUT2D eigenvalue weighted by Gasteiger charge is -2.47. The largest absolute Gasteiger partial charge is 0.352 e. The molecule has 2 aliphatic heterocycles. The second kappa shape index (κ2) is 9.42. The molecule has 1 unspecified atom stereocenters. The number of rotatable bonds is 3. The Balaban J connectivity index is 1.31. The van der Waals surface area contributed by atoms with Gasteiger partial charge < -0.3 is 14.8 Å². The van der Waals surface area contributed by atoms with Crippen molar-refractivity contribution in [1.82, 2.24) is 9.47 Å². The molecule has 4 heteroatoms. The van der Waals surface area contributed by atoms with Crippen molar-refractivity contribution in [3.63, 3.8) is 0 Å². The molecule has 2 saturated heterocycles. The topological polar surface area (TPSA) is 41.9 Å². The molecule has 1 saturated carbocycles. The van der Waals surface area contributed by atoms with Crippen LogP contribution in [-0.4, -0.2) is 41.1 Å². The number of amides is 1. The fourth-order valence-corrected chi connectivity index (χ4v) is 8.47. The van der Waals surface area contributed by atoms with E-state index in [1.54, 1.807) is 0 Å². The third-order valence-electron chi connectivity index (χ3n) is 10.4. The molecule has 6 rings (SSSR count). The molecule has 1 aromatic carbocycles. The van der Waals surface area contributed by atoms with Crippen molar-refractivity contribution < 1.29 is 10.1 Å². The van der Waals surface area contributed by atoms with Gasteiger partial charge in [-0.25, -0.2) is 0 Å². The second-order valence-electron chi connectivity index (χ2n) is 12.1. The number of piperidine rings is 1. The Morgan fingerprint density at radius 1 is 1.06 bits per heavy atom. The molecule has 1 spiro atoms. The SMILES string of the molecule is Cc1cc2c(n1C)CCC[C@]21C[NH2+]CC1C(=O)N1CC[C@@H](c2ccccc2)C[C@H]1C1CCCCC1. The number of hydrogen-bond acceptors (Lipinski definition) is 1. The first-order chi connectivity index (χ1) is 17.1. The zero-order chi connectivity index (χ0) is 24.0. The number of aromatic nitrogens is 1. The monoisotopic (exact) mass is 474 g/mol. The predicted octanol–water partition coefficient (Wildman–Crippen LogP) is 4.46. The molecule has 188 valence electrons. The highest BCUT2D eigenvalue weighted by Gasteiger charge is 2.55. The van der Waals surface area contributed by atoms with E-state index in [4.69, 9.17) is 0 Å². The summed E-state index contributed by atoms with van der Waals surface area (Å²) < 4.78 is 2.40.